The van der Waals surface area contributed by atoms with Crippen LogP contribution in [0.2, 0.25) is 0 Å². The molecule has 0 aliphatic heterocycles. The molecule has 0 spiro atoms. The second-order valence-corrected chi connectivity index (χ2v) is 3.58. The Kier molecular flexibility index (Phi) is 3.47. The van der Waals surface area contributed by atoms with Gasteiger partial charge in [0.15, 0.2) is 0 Å². The van der Waals surface area contributed by atoms with Crippen molar-refractivity contribution in [1.82, 2.24) is 0 Å². The van der Waals surface area contributed by atoms with Gasteiger partial charge in [-0.1, -0.05) is 0 Å². The van der Waals surface area contributed by atoms with Crippen LogP contribution in [0.5, 0.6) is 5.75 Å². The first-order valence-electron chi connectivity index (χ1n) is 4.68. The van der Waals surface area contributed by atoms with Gasteiger partial charge in [-0.25, -0.2) is 0 Å². The third-order valence-electron chi connectivity index (χ3n) is 2.37. The minimum absolute atomic E-state index is 0.233. The van der Waals surface area contributed by atoms with E-state index in [1.165, 1.54) is 0 Å². The number of aromatic hydroxyl groups is 1. The van der Waals surface area contributed by atoms with Crippen LogP contribution in [0.4, 0.5) is 4.39 Å². The fourth-order valence-electron chi connectivity index (χ4n) is 1.80. The first-order chi connectivity index (χ1) is 6.56. The number of rotatable bonds is 3. The lowest BCUT2D eigenvalue weighted by Gasteiger charge is -2.16. The van der Waals surface area contributed by atoms with Crippen molar-refractivity contribution in [1.29, 1.82) is 0 Å². The van der Waals surface area contributed by atoms with Crippen LogP contribution in [-0.4, -0.2) is 11.8 Å². The van der Waals surface area contributed by atoms with Crippen LogP contribution in [-0.2, 0) is 0 Å². The van der Waals surface area contributed by atoms with Crippen molar-refractivity contribution in [3.05, 3.63) is 28.8 Å². The number of phenolic OH excluding ortho intramolecular Hbond substituents is 1. The van der Waals surface area contributed by atoms with Crippen LogP contribution >= 0.6 is 0 Å². The SMILES string of the molecule is Cc1cc(O)cc(C)c1[C@H](N)CCF. The number of alkyl halides is 1. The Morgan fingerprint density at radius 2 is 1.86 bits per heavy atom. The van der Waals surface area contributed by atoms with Gasteiger partial charge in [0.05, 0.1) is 6.67 Å². The fourth-order valence-corrected chi connectivity index (χ4v) is 1.80. The molecule has 2 nitrogen and oxygen atoms in total. The standard InChI is InChI=1S/C11H16FNO/c1-7-5-9(14)6-8(2)11(7)10(13)3-4-12/h5-6,10,14H,3-4,13H2,1-2H3/t10-/m1/s1. The average molecular weight is 197 g/mol. The number of hydrogen-bond acceptors (Lipinski definition) is 2. The van der Waals surface area contributed by atoms with Gasteiger partial charge in [-0.3, -0.25) is 4.39 Å². The molecule has 0 aliphatic carbocycles. The maximum atomic E-state index is 12.1. The molecule has 1 aromatic carbocycles. The molecule has 78 valence electrons. The number of aryl methyl sites for hydroxylation is 2. The zero-order valence-electron chi connectivity index (χ0n) is 8.55. The van der Waals surface area contributed by atoms with Crippen molar-refractivity contribution in [2.24, 2.45) is 5.73 Å². The summed E-state index contributed by atoms with van der Waals surface area (Å²) in [4.78, 5) is 0. The summed E-state index contributed by atoms with van der Waals surface area (Å²) in [5.74, 6) is 0.233. The zero-order chi connectivity index (χ0) is 10.7. The highest BCUT2D eigenvalue weighted by atomic mass is 19.1. The first kappa shape index (κ1) is 11.0. The van der Waals surface area contributed by atoms with Crippen LogP contribution < -0.4 is 5.73 Å². The molecule has 1 rings (SSSR count). The largest absolute Gasteiger partial charge is 0.508 e. The summed E-state index contributed by atoms with van der Waals surface area (Å²) in [6, 6.07) is 3.03. The lowest BCUT2D eigenvalue weighted by atomic mass is 9.95. The molecule has 0 aliphatic rings. The van der Waals surface area contributed by atoms with Gasteiger partial charge in [-0.2, -0.15) is 0 Å². The fraction of sp³-hybridized carbons (Fsp3) is 0.455. The third-order valence-corrected chi connectivity index (χ3v) is 2.37. The highest BCUT2D eigenvalue weighted by molar-refractivity contribution is 5.42. The van der Waals surface area contributed by atoms with Crippen molar-refractivity contribution in [2.75, 3.05) is 6.67 Å². The Balaban J connectivity index is 3.07. The highest BCUT2D eigenvalue weighted by Crippen LogP contribution is 2.26. The van der Waals surface area contributed by atoms with E-state index in [1.54, 1.807) is 12.1 Å². The summed E-state index contributed by atoms with van der Waals surface area (Å²) in [6.07, 6.45) is 0.326. The molecule has 0 fully saturated rings. The lowest BCUT2D eigenvalue weighted by molar-refractivity contribution is 0.440. The molecule has 0 heterocycles. The lowest BCUT2D eigenvalue weighted by Crippen LogP contribution is -2.14. The quantitative estimate of drug-likeness (QED) is 0.781. The van der Waals surface area contributed by atoms with E-state index in [0.29, 0.717) is 6.42 Å². The van der Waals surface area contributed by atoms with Crippen LogP contribution in [0.1, 0.15) is 29.2 Å². The van der Waals surface area contributed by atoms with Gasteiger partial charge in [0, 0.05) is 6.04 Å². The normalized spacial score (nSPS) is 12.9. The van der Waals surface area contributed by atoms with E-state index in [2.05, 4.69) is 0 Å². The maximum absolute atomic E-state index is 12.1. The monoisotopic (exact) mass is 197 g/mol. The molecular weight excluding hydrogens is 181 g/mol. The van der Waals surface area contributed by atoms with Gasteiger partial charge in [-0.15, -0.1) is 0 Å². The molecule has 0 bridgehead atoms. The predicted molar refractivity (Wildman–Crippen MR) is 55.1 cm³/mol. The van der Waals surface area contributed by atoms with E-state index >= 15 is 0 Å². The van der Waals surface area contributed by atoms with Gasteiger partial charge < -0.3 is 10.8 Å². The zero-order valence-corrected chi connectivity index (χ0v) is 8.55. The smallest absolute Gasteiger partial charge is 0.116 e. The Hall–Kier alpha value is -1.09. The van der Waals surface area contributed by atoms with Gasteiger partial charge in [0.1, 0.15) is 5.75 Å². The van der Waals surface area contributed by atoms with Crippen molar-refractivity contribution < 1.29 is 9.50 Å². The van der Waals surface area contributed by atoms with E-state index < -0.39 is 6.67 Å². The van der Waals surface area contributed by atoms with Crippen LogP contribution in [0.3, 0.4) is 0 Å². The third kappa shape index (κ3) is 2.23. The Morgan fingerprint density at radius 1 is 1.36 bits per heavy atom. The van der Waals surface area contributed by atoms with Gasteiger partial charge in [-0.05, 0) is 49.1 Å². The molecule has 0 amide bonds. The molecule has 3 heteroatoms. The molecule has 0 saturated heterocycles. The summed E-state index contributed by atoms with van der Waals surface area (Å²) in [6.45, 7) is 3.33. The number of benzene rings is 1. The summed E-state index contributed by atoms with van der Waals surface area (Å²) in [7, 11) is 0. The van der Waals surface area contributed by atoms with Gasteiger partial charge >= 0.3 is 0 Å². The number of nitrogens with two attached hydrogens (primary N) is 1. The summed E-state index contributed by atoms with van der Waals surface area (Å²) < 4.78 is 12.1. The van der Waals surface area contributed by atoms with Crippen LogP contribution in [0, 0.1) is 13.8 Å². The maximum Gasteiger partial charge on any atom is 0.116 e. The van der Waals surface area contributed by atoms with E-state index in [9.17, 15) is 9.50 Å². The van der Waals surface area contributed by atoms with E-state index in [0.717, 1.165) is 16.7 Å². The van der Waals surface area contributed by atoms with E-state index in [-0.39, 0.29) is 11.8 Å². The molecule has 0 unspecified atom stereocenters. The predicted octanol–water partition coefficient (Wildman–Crippen LogP) is 2.37. The van der Waals surface area contributed by atoms with Crippen LogP contribution in [0.15, 0.2) is 12.1 Å². The molecule has 0 saturated carbocycles. The molecule has 1 atom stereocenters. The number of phenols is 1. The Labute approximate surface area is 83.6 Å². The molecule has 0 radical (unpaired) electrons. The number of halogens is 1. The second-order valence-electron chi connectivity index (χ2n) is 3.58. The summed E-state index contributed by atoms with van der Waals surface area (Å²) in [5, 5.41) is 9.32. The van der Waals surface area contributed by atoms with Crippen LogP contribution in [0.25, 0.3) is 0 Å². The summed E-state index contributed by atoms with van der Waals surface area (Å²) in [5.41, 5.74) is 8.62. The van der Waals surface area contributed by atoms with Gasteiger partial charge in [0.2, 0.25) is 0 Å². The first-order valence-corrected chi connectivity index (χ1v) is 4.68. The number of hydrogen-bond donors (Lipinski definition) is 2. The molecule has 1 aromatic rings. The minimum Gasteiger partial charge on any atom is -0.508 e. The topological polar surface area (TPSA) is 46.2 Å². The molecule has 3 N–H and O–H groups in total. The van der Waals surface area contributed by atoms with Gasteiger partial charge in [0.25, 0.3) is 0 Å². The minimum atomic E-state index is -0.416. The van der Waals surface area contributed by atoms with Crippen molar-refractivity contribution in [2.45, 2.75) is 26.3 Å². The Morgan fingerprint density at radius 3 is 2.29 bits per heavy atom. The second kappa shape index (κ2) is 4.42. The Bertz CT molecular complexity index is 302. The van der Waals surface area contributed by atoms with Crippen molar-refractivity contribution in [3.8, 4) is 5.75 Å². The van der Waals surface area contributed by atoms with E-state index in [1.807, 2.05) is 13.8 Å². The highest BCUT2D eigenvalue weighted by Gasteiger charge is 2.12. The van der Waals surface area contributed by atoms with Crippen molar-refractivity contribution in [3.63, 3.8) is 0 Å². The summed E-state index contributed by atoms with van der Waals surface area (Å²) >= 11 is 0. The van der Waals surface area contributed by atoms with Crippen molar-refractivity contribution >= 4 is 0 Å². The molecule has 0 aromatic heterocycles. The molecular formula is C11H16FNO. The average Bonchev–Trinajstić information content (AvgIpc) is 2.01. The molecule has 14 heavy (non-hydrogen) atoms. The van der Waals surface area contributed by atoms with E-state index in [4.69, 9.17) is 5.73 Å².